The van der Waals surface area contributed by atoms with Crippen LogP contribution in [0.4, 0.5) is 5.82 Å². The number of piperazine rings is 1. The number of hydrogen-bond donors (Lipinski definition) is 3. The van der Waals surface area contributed by atoms with Crippen molar-refractivity contribution >= 4 is 40.1 Å². The number of benzene rings is 1. The SMILES string of the molecule is Cn1ccc(-c2nc(N)c(C(=O)NCN3CCNCC3=O)nc2-c2cc(Cl)c3ncccc3c2)c1. The summed E-state index contributed by atoms with van der Waals surface area (Å²) in [5.74, 6) is -0.615. The molecule has 0 unspecified atom stereocenters. The van der Waals surface area contributed by atoms with Gasteiger partial charge in [-0.15, -0.1) is 0 Å². The van der Waals surface area contributed by atoms with Crippen molar-refractivity contribution < 1.29 is 9.59 Å². The van der Waals surface area contributed by atoms with Crippen LogP contribution in [0.2, 0.25) is 5.02 Å². The van der Waals surface area contributed by atoms with Crippen molar-refractivity contribution in [3.63, 3.8) is 0 Å². The minimum atomic E-state index is -0.518. The summed E-state index contributed by atoms with van der Waals surface area (Å²) in [6.07, 6.45) is 5.46. The molecule has 0 bridgehead atoms. The van der Waals surface area contributed by atoms with E-state index in [1.54, 1.807) is 17.2 Å². The van der Waals surface area contributed by atoms with Crippen molar-refractivity contribution in [2.75, 3.05) is 32.0 Å². The predicted octanol–water partition coefficient (Wildman–Crippen LogP) is 2.05. The third kappa shape index (κ3) is 4.53. The fourth-order valence-corrected chi connectivity index (χ4v) is 4.29. The lowest BCUT2D eigenvalue weighted by molar-refractivity contribution is -0.132. The lowest BCUT2D eigenvalue weighted by Crippen LogP contribution is -2.51. The summed E-state index contributed by atoms with van der Waals surface area (Å²) >= 11 is 6.54. The number of halogens is 1. The molecule has 11 heteroatoms. The first-order chi connectivity index (χ1) is 16.9. The van der Waals surface area contributed by atoms with Gasteiger partial charge in [0.15, 0.2) is 11.5 Å². The minimum absolute atomic E-state index is 0.00899. The van der Waals surface area contributed by atoms with Crippen LogP contribution in [0.5, 0.6) is 0 Å². The second-order valence-corrected chi connectivity index (χ2v) is 8.66. The number of fused-ring (bicyclic) bond motifs is 1. The van der Waals surface area contributed by atoms with E-state index in [1.165, 1.54) is 0 Å². The van der Waals surface area contributed by atoms with Crippen molar-refractivity contribution in [1.29, 1.82) is 0 Å². The maximum atomic E-state index is 13.0. The first-order valence-electron chi connectivity index (χ1n) is 11.0. The Morgan fingerprint density at radius 2 is 2.06 bits per heavy atom. The number of nitrogens with two attached hydrogens (primary N) is 1. The van der Waals surface area contributed by atoms with E-state index >= 15 is 0 Å². The zero-order valence-corrected chi connectivity index (χ0v) is 19.7. The van der Waals surface area contributed by atoms with Gasteiger partial charge in [-0.1, -0.05) is 17.7 Å². The Hall–Kier alpha value is -4.02. The third-order valence-electron chi connectivity index (χ3n) is 5.79. The number of pyridine rings is 1. The monoisotopic (exact) mass is 490 g/mol. The Morgan fingerprint density at radius 3 is 2.83 bits per heavy atom. The van der Waals surface area contributed by atoms with Crippen molar-refractivity contribution in [2.24, 2.45) is 7.05 Å². The van der Waals surface area contributed by atoms with E-state index in [2.05, 4.69) is 25.6 Å². The van der Waals surface area contributed by atoms with Gasteiger partial charge >= 0.3 is 0 Å². The predicted molar refractivity (Wildman–Crippen MR) is 134 cm³/mol. The number of hydrogen-bond acceptors (Lipinski definition) is 7. The van der Waals surface area contributed by atoms with Crippen LogP contribution in [0, 0.1) is 0 Å². The van der Waals surface area contributed by atoms with Crippen molar-refractivity contribution in [3.8, 4) is 22.5 Å². The molecule has 1 aliphatic rings. The molecule has 4 aromatic rings. The lowest BCUT2D eigenvalue weighted by atomic mass is 10.0. The molecule has 3 aromatic heterocycles. The Labute approximate surface area is 206 Å². The summed E-state index contributed by atoms with van der Waals surface area (Å²) in [6.45, 7) is 1.47. The van der Waals surface area contributed by atoms with Crippen LogP contribution in [0.1, 0.15) is 10.5 Å². The molecule has 35 heavy (non-hydrogen) atoms. The summed E-state index contributed by atoms with van der Waals surface area (Å²) in [7, 11) is 1.90. The Balaban J connectivity index is 1.57. The highest BCUT2D eigenvalue weighted by atomic mass is 35.5. The first kappa shape index (κ1) is 22.8. The highest BCUT2D eigenvalue weighted by Gasteiger charge is 2.23. The number of aromatic nitrogens is 4. The Morgan fingerprint density at radius 1 is 1.23 bits per heavy atom. The van der Waals surface area contributed by atoms with E-state index in [0.717, 1.165) is 10.9 Å². The molecule has 1 fully saturated rings. The zero-order valence-electron chi connectivity index (χ0n) is 19.0. The molecule has 10 nitrogen and oxygen atoms in total. The minimum Gasteiger partial charge on any atom is -0.382 e. The number of nitrogens with zero attached hydrogens (tertiary/aromatic N) is 5. The number of nitrogen functional groups attached to an aromatic ring is 1. The number of amides is 2. The van der Waals surface area contributed by atoms with Gasteiger partial charge in [0.2, 0.25) is 5.91 Å². The van der Waals surface area contributed by atoms with Gasteiger partial charge in [-0.05, 0) is 24.3 Å². The fraction of sp³-hybridized carbons (Fsp3) is 0.208. The van der Waals surface area contributed by atoms with Gasteiger partial charge in [0.05, 0.1) is 29.4 Å². The average molecular weight is 491 g/mol. The average Bonchev–Trinajstić information content (AvgIpc) is 3.29. The summed E-state index contributed by atoms with van der Waals surface area (Å²) in [5, 5.41) is 7.02. The fourth-order valence-electron chi connectivity index (χ4n) is 4.01. The molecule has 4 heterocycles. The van der Waals surface area contributed by atoms with Crippen LogP contribution in [0.25, 0.3) is 33.4 Å². The van der Waals surface area contributed by atoms with E-state index in [4.69, 9.17) is 17.3 Å². The van der Waals surface area contributed by atoms with Gasteiger partial charge in [0.1, 0.15) is 5.69 Å². The van der Waals surface area contributed by atoms with E-state index < -0.39 is 5.91 Å². The number of carbonyl (C=O) groups is 2. The number of rotatable bonds is 5. The smallest absolute Gasteiger partial charge is 0.275 e. The molecular weight excluding hydrogens is 468 g/mol. The highest BCUT2D eigenvalue weighted by molar-refractivity contribution is 6.35. The van der Waals surface area contributed by atoms with Gasteiger partial charge in [-0.2, -0.15) is 0 Å². The maximum absolute atomic E-state index is 13.0. The zero-order chi connectivity index (χ0) is 24.5. The van der Waals surface area contributed by atoms with Gasteiger partial charge in [-0.3, -0.25) is 14.6 Å². The molecular formula is C24H23ClN8O2. The molecule has 0 aliphatic carbocycles. The topological polar surface area (TPSA) is 131 Å². The number of anilines is 1. The van der Waals surface area contributed by atoms with E-state index in [-0.39, 0.29) is 30.6 Å². The van der Waals surface area contributed by atoms with Crippen LogP contribution < -0.4 is 16.4 Å². The van der Waals surface area contributed by atoms with Crippen molar-refractivity contribution in [3.05, 3.63) is 59.6 Å². The van der Waals surface area contributed by atoms with Crippen LogP contribution in [0.3, 0.4) is 0 Å². The van der Waals surface area contributed by atoms with E-state index in [1.807, 2.05) is 48.3 Å². The standard InChI is InChI=1S/C24H23ClN8O2/c1-32-7-4-15(12-32)20-21(16-9-14-3-2-5-28-19(14)17(25)10-16)30-22(23(26)31-20)24(35)29-13-33-8-6-27-11-18(33)34/h2-5,7,9-10,12,27H,6,8,11,13H2,1H3,(H2,26,31)(H,29,35). The van der Waals surface area contributed by atoms with Crippen LogP contribution in [-0.2, 0) is 11.8 Å². The lowest BCUT2D eigenvalue weighted by Gasteiger charge is -2.27. The normalized spacial score (nSPS) is 13.9. The molecule has 0 saturated carbocycles. The van der Waals surface area contributed by atoms with Crippen LogP contribution >= 0.6 is 11.6 Å². The molecule has 4 N–H and O–H groups in total. The van der Waals surface area contributed by atoms with Gasteiger partial charge < -0.3 is 25.8 Å². The van der Waals surface area contributed by atoms with E-state index in [0.29, 0.717) is 40.6 Å². The molecule has 1 aromatic carbocycles. The number of nitrogens with one attached hydrogen (secondary N) is 2. The second-order valence-electron chi connectivity index (χ2n) is 8.25. The number of carbonyl (C=O) groups excluding carboxylic acids is 2. The third-order valence-corrected chi connectivity index (χ3v) is 6.08. The molecule has 5 rings (SSSR count). The Kier molecular flexibility index (Phi) is 6.06. The molecule has 1 saturated heterocycles. The molecule has 0 atom stereocenters. The highest BCUT2D eigenvalue weighted by Crippen LogP contribution is 2.35. The molecule has 0 radical (unpaired) electrons. The summed E-state index contributed by atoms with van der Waals surface area (Å²) < 4.78 is 1.89. The van der Waals surface area contributed by atoms with E-state index in [9.17, 15) is 9.59 Å². The largest absolute Gasteiger partial charge is 0.382 e. The van der Waals surface area contributed by atoms with Gasteiger partial charge in [-0.25, -0.2) is 9.97 Å². The maximum Gasteiger partial charge on any atom is 0.275 e. The molecule has 178 valence electrons. The summed E-state index contributed by atoms with van der Waals surface area (Å²) in [5.41, 5.74) is 9.30. The molecule has 1 aliphatic heterocycles. The summed E-state index contributed by atoms with van der Waals surface area (Å²) in [4.78, 5) is 40.2. The summed E-state index contributed by atoms with van der Waals surface area (Å²) in [6, 6.07) is 9.29. The quantitative estimate of drug-likeness (QED) is 0.390. The van der Waals surface area contributed by atoms with Gasteiger partial charge in [0, 0.05) is 55.2 Å². The van der Waals surface area contributed by atoms with Crippen molar-refractivity contribution in [1.82, 2.24) is 35.1 Å². The Bertz CT molecular complexity index is 1450. The molecule has 2 amide bonds. The van der Waals surface area contributed by atoms with Gasteiger partial charge in [0.25, 0.3) is 5.91 Å². The second kappa shape index (κ2) is 9.32. The van der Waals surface area contributed by atoms with Crippen LogP contribution in [0.15, 0.2) is 48.9 Å². The number of aryl methyl sites for hydroxylation is 1. The molecule has 0 spiro atoms. The van der Waals surface area contributed by atoms with Crippen molar-refractivity contribution in [2.45, 2.75) is 0 Å². The first-order valence-corrected chi connectivity index (χ1v) is 11.4. The van der Waals surface area contributed by atoms with Crippen LogP contribution in [-0.4, -0.2) is 62.5 Å².